The molecule has 2 amide bonds. The highest BCUT2D eigenvalue weighted by atomic mass is 32.1. The molecule has 0 radical (unpaired) electrons. The molecule has 11 heteroatoms. The first-order valence-corrected chi connectivity index (χ1v) is 10.1. The van der Waals surface area contributed by atoms with E-state index < -0.39 is 16.8 Å². The monoisotopic (exact) mass is 454 g/mol. The molecule has 1 heterocycles. The first-order valence-electron chi connectivity index (χ1n) is 9.26. The van der Waals surface area contributed by atoms with Crippen molar-refractivity contribution < 1.29 is 24.0 Å². The molecule has 0 atom stereocenters. The molecule has 2 aromatic carbocycles. The number of methoxy groups -OCH3 is 1. The standard InChI is InChI=1S/C21H18N4O6S/c1-13(26)22-15-7-8-17-18(11-15)32-21(24(17)12-20(28)31-2)23-19(27)9-6-14-4-3-5-16(10-14)25(29)30/h3-11H,12H2,1-2H3,(H,22,26). The highest BCUT2D eigenvalue weighted by Gasteiger charge is 2.12. The third-order valence-electron chi connectivity index (χ3n) is 4.22. The smallest absolute Gasteiger partial charge is 0.325 e. The minimum atomic E-state index is -0.608. The molecule has 0 bridgehead atoms. The Morgan fingerprint density at radius 1 is 1.25 bits per heavy atom. The number of nitro groups is 1. The summed E-state index contributed by atoms with van der Waals surface area (Å²) in [5.74, 6) is -1.35. The first kappa shape index (κ1) is 22.6. The summed E-state index contributed by atoms with van der Waals surface area (Å²) in [5.41, 5.74) is 1.59. The number of amides is 2. The number of esters is 1. The van der Waals surface area contributed by atoms with E-state index in [1.165, 1.54) is 55.7 Å². The van der Waals surface area contributed by atoms with Crippen molar-refractivity contribution in [2.24, 2.45) is 4.99 Å². The number of nitrogens with one attached hydrogen (secondary N) is 1. The fourth-order valence-corrected chi connectivity index (χ4v) is 3.90. The van der Waals surface area contributed by atoms with E-state index in [4.69, 9.17) is 4.74 Å². The van der Waals surface area contributed by atoms with Gasteiger partial charge in [-0.25, -0.2) is 0 Å². The number of fused-ring (bicyclic) bond motifs is 1. The van der Waals surface area contributed by atoms with Crippen molar-refractivity contribution in [1.82, 2.24) is 4.57 Å². The van der Waals surface area contributed by atoms with Gasteiger partial charge in [-0.3, -0.25) is 24.5 Å². The van der Waals surface area contributed by atoms with Gasteiger partial charge in [-0.15, -0.1) is 0 Å². The summed E-state index contributed by atoms with van der Waals surface area (Å²) < 4.78 is 6.98. The second-order valence-electron chi connectivity index (χ2n) is 6.55. The number of benzene rings is 2. The van der Waals surface area contributed by atoms with Crippen LogP contribution in [0.3, 0.4) is 0 Å². The minimum absolute atomic E-state index is 0.0908. The number of anilines is 1. The summed E-state index contributed by atoms with van der Waals surface area (Å²) in [6, 6.07) is 10.9. The van der Waals surface area contributed by atoms with Crippen molar-refractivity contribution in [3.63, 3.8) is 0 Å². The van der Waals surface area contributed by atoms with Crippen LogP contribution < -0.4 is 10.1 Å². The predicted octanol–water partition coefficient (Wildman–Crippen LogP) is 2.88. The molecule has 0 saturated carbocycles. The Labute approximate surface area is 185 Å². The molecular formula is C21H18N4O6S. The topological polar surface area (TPSA) is 133 Å². The molecule has 1 N–H and O–H groups in total. The molecule has 1 aromatic heterocycles. The lowest BCUT2D eigenvalue weighted by atomic mass is 10.2. The van der Waals surface area contributed by atoms with Gasteiger partial charge in [-0.2, -0.15) is 4.99 Å². The van der Waals surface area contributed by atoms with Gasteiger partial charge in [0.1, 0.15) is 6.54 Å². The van der Waals surface area contributed by atoms with Crippen LogP contribution in [0.15, 0.2) is 53.5 Å². The van der Waals surface area contributed by atoms with Crippen LogP contribution in [-0.2, 0) is 25.7 Å². The van der Waals surface area contributed by atoms with Crippen LogP contribution >= 0.6 is 11.3 Å². The number of carbonyl (C=O) groups is 3. The number of nitrogens with zero attached hydrogens (tertiary/aromatic N) is 3. The van der Waals surface area contributed by atoms with Crippen LogP contribution in [0.4, 0.5) is 11.4 Å². The average Bonchev–Trinajstić information content (AvgIpc) is 3.07. The van der Waals surface area contributed by atoms with Crippen molar-refractivity contribution in [1.29, 1.82) is 0 Å². The molecule has 3 rings (SSSR count). The van der Waals surface area contributed by atoms with E-state index in [0.717, 1.165) is 0 Å². The third kappa shape index (κ3) is 5.52. The van der Waals surface area contributed by atoms with Crippen LogP contribution in [0.25, 0.3) is 16.3 Å². The second kappa shape index (κ2) is 9.79. The summed E-state index contributed by atoms with van der Waals surface area (Å²) in [6.07, 6.45) is 2.61. The predicted molar refractivity (Wildman–Crippen MR) is 119 cm³/mol. The lowest BCUT2D eigenvalue weighted by molar-refractivity contribution is -0.384. The van der Waals surface area contributed by atoms with Crippen molar-refractivity contribution in [3.05, 3.63) is 69.0 Å². The average molecular weight is 454 g/mol. The fourth-order valence-electron chi connectivity index (χ4n) is 2.83. The van der Waals surface area contributed by atoms with Gasteiger partial charge in [0, 0.05) is 30.8 Å². The Bertz CT molecular complexity index is 1320. The lowest BCUT2D eigenvalue weighted by Gasteiger charge is -2.05. The van der Waals surface area contributed by atoms with Gasteiger partial charge < -0.3 is 14.6 Å². The Balaban J connectivity index is 1.99. The van der Waals surface area contributed by atoms with Gasteiger partial charge in [0.2, 0.25) is 5.91 Å². The van der Waals surface area contributed by atoms with E-state index in [-0.39, 0.29) is 22.9 Å². The molecule has 0 aliphatic heterocycles. The van der Waals surface area contributed by atoms with E-state index in [1.807, 2.05) is 0 Å². The Hall–Kier alpha value is -4.12. The van der Waals surface area contributed by atoms with Crippen LogP contribution in [0, 0.1) is 10.1 Å². The number of nitro benzene ring substituents is 1. The van der Waals surface area contributed by atoms with E-state index in [9.17, 15) is 24.5 Å². The van der Waals surface area contributed by atoms with E-state index in [2.05, 4.69) is 10.3 Å². The van der Waals surface area contributed by atoms with E-state index >= 15 is 0 Å². The summed E-state index contributed by atoms with van der Waals surface area (Å²) >= 11 is 1.17. The largest absolute Gasteiger partial charge is 0.468 e. The second-order valence-corrected chi connectivity index (χ2v) is 7.56. The van der Waals surface area contributed by atoms with Gasteiger partial charge in [0.25, 0.3) is 11.6 Å². The van der Waals surface area contributed by atoms with Gasteiger partial charge >= 0.3 is 5.97 Å². The minimum Gasteiger partial charge on any atom is -0.468 e. The zero-order chi connectivity index (χ0) is 23.3. The summed E-state index contributed by atoms with van der Waals surface area (Å²) in [5, 5.41) is 13.6. The number of rotatable bonds is 6. The van der Waals surface area contributed by atoms with Crippen LogP contribution in [0.5, 0.6) is 0 Å². The SMILES string of the molecule is COC(=O)Cn1c(=NC(=O)C=Cc2cccc([N+](=O)[O-])c2)sc2cc(NC(C)=O)ccc21. The van der Waals surface area contributed by atoms with E-state index in [1.54, 1.807) is 28.8 Å². The number of thiazole rings is 1. The van der Waals surface area contributed by atoms with Crippen LogP contribution in [0.2, 0.25) is 0 Å². The fraction of sp³-hybridized carbons (Fsp3) is 0.143. The molecule has 0 aliphatic carbocycles. The van der Waals surface area contributed by atoms with Gasteiger partial charge in [-0.1, -0.05) is 23.5 Å². The summed E-state index contributed by atoms with van der Waals surface area (Å²) in [7, 11) is 1.26. The van der Waals surface area contributed by atoms with Crippen molar-refractivity contribution in [2.75, 3.05) is 12.4 Å². The maximum Gasteiger partial charge on any atom is 0.325 e. The molecule has 10 nitrogen and oxygen atoms in total. The zero-order valence-corrected chi connectivity index (χ0v) is 17.9. The molecule has 0 saturated heterocycles. The number of hydrogen-bond acceptors (Lipinski definition) is 7. The first-order chi connectivity index (χ1) is 15.3. The maximum absolute atomic E-state index is 12.4. The van der Waals surface area contributed by atoms with Gasteiger partial charge in [0.05, 0.1) is 22.2 Å². The highest BCUT2D eigenvalue weighted by molar-refractivity contribution is 7.16. The molecule has 3 aromatic rings. The number of non-ortho nitro benzene ring substituents is 1. The Kier molecular flexibility index (Phi) is 6.90. The molecule has 0 aliphatic rings. The van der Waals surface area contributed by atoms with Crippen molar-refractivity contribution in [3.8, 4) is 0 Å². The van der Waals surface area contributed by atoms with Crippen molar-refractivity contribution in [2.45, 2.75) is 13.5 Å². The molecule has 164 valence electrons. The maximum atomic E-state index is 12.4. The normalized spacial score (nSPS) is 11.6. The summed E-state index contributed by atoms with van der Waals surface area (Å²) in [6.45, 7) is 1.24. The number of aromatic nitrogens is 1. The number of ether oxygens (including phenoxy) is 1. The molecular weight excluding hydrogens is 436 g/mol. The highest BCUT2D eigenvalue weighted by Crippen LogP contribution is 2.22. The zero-order valence-electron chi connectivity index (χ0n) is 17.1. The van der Waals surface area contributed by atoms with E-state index in [0.29, 0.717) is 21.5 Å². The van der Waals surface area contributed by atoms with Crippen LogP contribution in [-0.4, -0.2) is 34.4 Å². The third-order valence-corrected chi connectivity index (χ3v) is 5.26. The Morgan fingerprint density at radius 3 is 2.72 bits per heavy atom. The quantitative estimate of drug-likeness (QED) is 0.264. The Morgan fingerprint density at radius 2 is 2.03 bits per heavy atom. The van der Waals surface area contributed by atoms with Gasteiger partial charge in [0.15, 0.2) is 4.80 Å². The van der Waals surface area contributed by atoms with Crippen LogP contribution in [0.1, 0.15) is 12.5 Å². The number of hydrogen-bond donors (Lipinski definition) is 1. The lowest BCUT2D eigenvalue weighted by Crippen LogP contribution is -2.22. The molecule has 32 heavy (non-hydrogen) atoms. The van der Waals surface area contributed by atoms with Crippen molar-refractivity contribution >= 4 is 56.8 Å². The van der Waals surface area contributed by atoms with Gasteiger partial charge in [-0.05, 0) is 29.8 Å². The molecule has 0 fully saturated rings. The molecule has 0 spiro atoms. The summed E-state index contributed by atoms with van der Waals surface area (Å²) in [4.78, 5) is 50.3. The number of carbonyl (C=O) groups excluding carboxylic acids is 3. The molecule has 0 unspecified atom stereocenters.